The first-order valence-electron chi connectivity index (χ1n) is 9.59. The van der Waals surface area contributed by atoms with Gasteiger partial charge in [-0.15, -0.1) is 11.8 Å². The van der Waals surface area contributed by atoms with Gasteiger partial charge in [0.2, 0.25) is 0 Å². The highest BCUT2D eigenvalue weighted by atomic mass is 32.2. The Kier molecular flexibility index (Phi) is 5.85. The molecule has 0 spiro atoms. The molecule has 1 aliphatic heterocycles. The molecule has 2 heterocycles. The van der Waals surface area contributed by atoms with Crippen LogP contribution in [0.5, 0.6) is 0 Å². The maximum absolute atomic E-state index is 12.5. The smallest absolute Gasteiger partial charge is 0.339 e. The first kappa shape index (κ1) is 19.5. The van der Waals surface area contributed by atoms with Gasteiger partial charge >= 0.3 is 5.97 Å². The molecule has 0 radical (unpaired) electrons. The Balaban J connectivity index is 1.30. The van der Waals surface area contributed by atoms with Gasteiger partial charge in [0.1, 0.15) is 5.52 Å². The largest absolute Gasteiger partial charge is 0.452 e. The number of esters is 1. The third-order valence-corrected chi connectivity index (χ3v) is 5.96. The monoisotopic (exact) mass is 410 g/mol. The summed E-state index contributed by atoms with van der Waals surface area (Å²) in [5.41, 5.74) is 2.14. The first-order valence-corrected chi connectivity index (χ1v) is 10.8. The van der Waals surface area contributed by atoms with Gasteiger partial charge in [0.05, 0.1) is 5.56 Å². The van der Waals surface area contributed by atoms with E-state index in [9.17, 15) is 9.59 Å². The molecule has 4 rings (SSSR count). The number of piperidine rings is 1. The standard InChI is InChI=1S/C22H22N2O4S/c1-29-19-9-5-2-6-16(19)22(26)27-14-20(25)24-12-10-15(11-13-24)21-23-17-7-3-4-8-18(17)28-21/h2-9,15H,10-14H2,1H3. The van der Waals surface area contributed by atoms with E-state index in [2.05, 4.69) is 4.98 Å². The Labute approximate surface area is 173 Å². The second-order valence-electron chi connectivity index (χ2n) is 6.95. The molecule has 0 N–H and O–H groups in total. The van der Waals surface area contributed by atoms with Crippen molar-refractivity contribution in [1.29, 1.82) is 0 Å². The minimum atomic E-state index is -0.468. The van der Waals surface area contributed by atoms with E-state index in [0.29, 0.717) is 18.7 Å². The molecule has 2 aromatic carbocycles. The molecule has 6 nitrogen and oxygen atoms in total. The number of oxazole rings is 1. The number of hydrogen-bond donors (Lipinski definition) is 0. The molecule has 0 aliphatic carbocycles. The molecule has 7 heteroatoms. The molecule has 1 amide bonds. The van der Waals surface area contributed by atoms with Crippen molar-refractivity contribution >= 4 is 34.7 Å². The molecule has 0 unspecified atom stereocenters. The van der Waals surface area contributed by atoms with Crippen LogP contribution in [0.15, 0.2) is 57.8 Å². The van der Waals surface area contributed by atoms with E-state index in [1.54, 1.807) is 17.0 Å². The maximum atomic E-state index is 12.5. The van der Waals surface area contributed by atoms with E-state index in [1.807, 2.05) is 42.7 Å². The molecule has 29 heavy (non-hydrogen) atoms. The molecule has 1 aliphatic rings. The Morgan fingerprint density at radius 3 is 2.62 bits per heavy atom. The second kappa shape index (κ2) is 8.69. The van der Waals surface area contributed by atoms with Crippen molar-refractivity contribution in [3.8, 4) is 0 Å². The van der Waals surface area contributed by atoms with Crippen molar-refractivity contribution in [3.05, 3.63) is 60.0 Å². The molecule has 1 fully saturated rings. The van der Waals surface area contributed by atoms with Crippen LogP contribution < -0.4 is 0 Å². The Morgan fingerprint density at radius 1 is 1.14 bits per heavy atom. The number of benzene rings is 2. The van der Waals surface area contributed by atoms with E-state index in [-0.39, 0.29) is 18.4 Å². The van der Waals surface area contributed by atoms with E-state index in [4.69, 9.17) is 9.15 Å². The lowest BCUT2D eigenvalue weighted by Gasteiger charge is -2.30. The van der Waals surface area contributed by atoms with E-state index in [0.717, 1.165) is 34.7 Å². The normalized spacial score (nSPS) is 14.9. The van der Waals surface area contributed by atoms with Crippen LogP contribution in [0.25, 0.3) is 11.1 Å². The van der Waals surface area contributed by atoms with Crippen molar-refractivity contribution in [2.24, 2.45) is 0 Å². The summed E-state index contributed by atoms with van der Waals surface area (Å²) in [6.07, 6.45) is 3.46. The van der Waals surface area contributed by atoms with E-state index < -0.39 is 5.97 Å². The molecule has 1 aromatic heterocycles. The Morgan fingerprint density at radius 2 is 1.86 bits per heavy atom. The summed E-state index contributed by atoms with van der Waals surface area (Å²) in [4.78, 5) is 31.9. The summed E-state index contributed by atoms with van der Waals surface area (Å²) in [7, 11) is 0. The quantitative estimate of drug-likeness (QED) is 0.466. The molecule has 0 atom stereocenters. The number of fused-ring (bicyclic) bond motifs is 1. The Hall–Kier alpha value is -2.80. The number of amides is 1. The van der Waals surface area contributed by atoms with Crippen molar-refractivity contribution < 1.29 is 18.7 Å². The van der Waals surface area contributed by atoms with Gasteiger partial charge in [-0.2, -0.15) is 0 Å². The first-order chi connectivity index (χ1) is 14.2. The summed E-state index contributed by atoms with van der Waals surface area (Å²) >= 11 is 1.47. The van der Waals surface area contributed by atoms with Gasteiger partial charge in [-0.3, -0.25) is 4.79 Å². The van der Waals surface area contributed by atoms with Gasteiger partial charge in [-0.1, -0.05) is 24.3 Å². The number of aromatic nitrogens is 1. The minimum Gasteiger partial charge on any atom is -0.452 e. The fourth-order valence-corrected chi connectivity index (χ4v) is 4.14. The van der Waals surface area contributed by atoms with Gasteiger partial charge in [0.15, 0.2) is 18.1 Å². The highest BCUT2D eigenvalue weighted by molar-refractivity contribution is 7.98. The van der Waals surface area contributed by atoms with Crippen LogP contribution in [0.4, 0.5) is 0 Å². The zero-order valence-corrected chi connectivity index (χ0v) is 17.0. The highest BCUT2D eigenvalue weighted by Crippen LogP contribution is 2.30. The van der Waals surface area contributed by atoms with Crippen LogP contribution >= 0.6 is 11.8 Å². The van der Waals surface area contributed by atoms with E-state index in [1.165, 1.54) is 11.8 Å². The van der Waals surface area contributed by atoms with Crippen LogP contribution in [0.2, 0.25) is 0 Å². The van der Waals surface area contributed by atoms with Crippen molar-refractivity contribution in [2.75, 3.05) is 26.0 Å². The number of carbonyl (C=O) groups is 2. The predicted molar refractivity (Wildman–Crippen MR) is 111 cm³/mol. The topological polar surface area (TPSA) is 72.6 Å². The zero-order valence-electron chi connectivity index (χ0n) is 16.2. The van der Waals surface area contributed by atoms with Gasteiger partial charge in [0.25, 0.3) is 5.91 Å². The summed E-state index contributed by atoms with van der Waals surface area (Å²) in [6.45, 7) is 0.956. The van der Waals surface area contributed by atoms with Crippen LogP contribution in [0.1, 0.15) is 35.0 Å². The zero-order chi connectivity index (χ0) is 20.2. The lowest BCUT2D eigenvalue weighted by Crippen LogP contribution is -2.40. The number of rotatable bonds is 5. The SMILES string of the molecule is CSc1ccccc1C(=O)OCC(=O)N1CCC(c2nc3ccccc3o2)CC1. The van der Waals surface area contributed by atoms with Crippen LogP contribution in [-0.2, 0) is 9.53 Å². The van der Waals surface area contributed by atoms with Crippen molar-refractivity contribution in [1.82, 2.24) is 9.88 Å². The number of nitrogens with zero attached hydrogens (tertiary/aromatic N) is 2. The van der Waals surface area contributed by atoms with Gasteiger partial charge in [-0.05, 0) is 43.4 Å². The lowest BCUT2D eigenvalue weighted by molar-refractivity contribution is -0.135. The van der Waals surface area contributed by atoms with Gasteiger partial charge in [-0.25, -0.2) is 9.78 Å². The number of thioether (sulfide) groups is 1. The van der Waals surface area contributed by atoms with Crippen LogP contribution in [0.3, 0.4) is 0 Å². The Bertz CT molecular complexity index is 991. The fourth-order valence-electron chi connectivity index (χ4n) is 3.55. The van der Waals surface area contributed by atoms with Crippen LogP contribution in [-0.4, -0.2) is 47.7 Å². The van der Waals surface area contributed by atoms with Crippen molar-refractivity contribution in [2.45, 2.75) is 23.7 Å². The predicted octanol–water partition coefficient (Wildman–Crippen LogP) is 4.11. The molecule has 3 aromatic rings. The average Bonchev–Trinajstić information content (AvgIpc) is 3.21. The minimum absolute atomic E-state index is 0.170. The molecule has 0 bridgehead atoms. The fraction of sp³-hybridized carbons (Fsp3) is 0.318. The summed E-state index contributed by atoms with van der Waals surface area (Å²) < 4.78 is 11.1. The molecule has 150 valence electrons. The van der Waals surface area contributed by atoms with Gasteiger partial charge in [0, 0.05) is 23.9 Å². The van der Waals surface area contributed by atoms with Crippen molar-refractivity contribution in [3.63, 3.8) is 0 Å². The summed E-state index contributed by atoms with van der Waals surface area (Å²) in [5.74, 6) is 0.293. The maximum Gasteiger partial charge on any atom is 0.339 e. The van der Waals surface area contributed by atoms with Crippen LogP contribution in [0, 0.1) is 0 Å². The van der Waals surface area contributed by atoms with E-state index >= 15 is 0 Å². The second-order valence-corrected chi connectivity index (χ2v) is 7.80. The number of likely N-dealkylation sites (tertiary alicyclic amines) is 1. The molecule has 0 saturated carbocycles. The molecule has 1 saturated heterocycles. The lowest BCUT2D eigenvalue weighted by atomic mass is 9.97. The highest BCUT2D eigenvalue weighted by Gasteiger charge is 2.27. The number of ether oxygens (including phenoxy) is 1. The average molecular weight is 410 g/mol. The molecular weight excluding hydrogens is 388 g/mol. The number of carbonyl (C=O) groups excluding carboxylic acids is 2. The number of para-hydroxylation sites is 2. The molecular formula is C22H22N2O4S. The summed E-state index contributed by atoms with van der Waals surface area (Å²) in [6, 6.07) is 14.9. The third kappa shape index (κ3) is 4.29. The third-order valence-electron chi connectivity index (χ3n) is 5.16. The number of hydrogen-bond acceptors (Lipinski definition) is 6. The van der Waals surface area contributed by atoms with Gasteiger partial charge < -0.3 is 14.1 Å². The summed E-state index contributed by atoms with van der Waals surface area (Å²) in [5, 5.41) is 0.